The number of likely N-dealkylation sites (tertiary alicyclic amines) is 1. The van der Waals surface area contributed by atoms with Crippen LogP contribution >= 0.6 is 0 Å². The van der Waals surface area contributed by atoms with Crippen LogP contribution in [0.25, 0.3) is 11.1 Å². The highest BCUT2D eigenvalue weighted by Gasteiger charge is 2.28. The Kier molecular flexibility index (Phi) is 4.89. The van der Waals surface area contributed by atoms with Crippen molar-refractivity contribution in [3.05, 3.63) is 36.4 Å². The molecule has 7 heteroatoms. The minimum Gasteiger partial charge on any atom is -0.508 e. The molecule has 1 aromatic carbocycles. The number of aromatic nitrogens is 2. The zero-order valence-corrected chi connectivity index (χ0v) is 15.3. The number of carbonyl (C=O) groups is 1. The van der Waals surface area contributed by atoms with Gasteiger partial charge in [-0.25, -0.2) is 9.18 Å². The molecule has 1 aromatic heterocycles. The summed E-state index contributed by atoms with van der Waals surface area (Å²) in [6.07, 6.45) is 4.67. The highest BCUT2D eigenvalue weighted by atomic mass is 19.1. The lowest BCUT2D eigenvalue weighted by molar-refractivity contribution is 0.0185. The fourth-order valence-corrected chi connectivity index (χ4v) is 3.05. The lowest BCUT2D eigenvalue weighted by Crippen LogP contribution is -2.42. The number of aromatic hydroxyl groups is 1. The van der Waals surface area contributed by atoms with Crippen LogP contribution in [0, 0.1) is 5.82 Å². The first-order valence-electron chi connectivity index (χ1n) is 8.74. The highest BCUT2D eigenvalue weighted by molar-refractivity contribution is 5.68. The third-order valence-electron chi connectivity index (χ3n) is 4.36. The van der Waals surface area contributed by atoms with Crippen molar-refractivity contribution in [2.24, 2.45) is 0 Å². The third-order valence-corrected chi connectivity index (χ3v) is 4.36. The Balaban J connectivity index is 1.64. The van der Waals surface area contributed by atoms with E-state index in [1.165, 1.54) is 12.1 Å². The Morgan fingerprint density at radius 1 is 1.31 bits per heavy atom. The van der Waals surface area contributed by atoms with Gasteiger partial charge < -0.3 is 14.7 Å². The average molecular weight is 361 g/mol. The molecule has 1 aliphatic heterocycles. The number of phenolic OH excluding ortho intramolecular Hbond substituents is 1. The van der Waals surface area contributed by atoms with Crippen LogP contribution in [0.15, 0.2) is 30.6 Å². The Labute approximate surface area is 152 Å². The minimum atomic E-state index is -0.501. The number of phenols is 1. The quantitative estimate of drug-likeness (QED) is 0.879. The number of carbonyl (C=O) groups excluding carboxylic acids is 1. The van der Waals surface area contributed by atoms with Gasteiger partial charge >= 0.3 is 6.09 Å². The van der Waals surface area contributed by atoms with Crippen LogP contribution < -0.4 is 0 Å². The van der Waals surface area contributed by atoms with Crippen molar-refractivity contribution in [3.8, 4) is 16.9 Å². The second-order valence-corrected chi connectivity index (χ2v) is 7.57. The van der Waals surface area contributed by atoms with Gasteiger partial charge in [-0.2, -0.15) is 5.10 Å². The SMILES string of the molecule is CC(C)(C)OC(=O)N1CCC(n2cc(-c3ccc(O)cc3F)cn2)CC1. The molecule has 140 valence electrons. The van der Waals surface area contributed by atoms with Crippen LogP contribution in [0.4, 0.5) is 9.18 Å². The topological polar surface area (TPSA) is 67.6 Å². The van der Waals surface area contributed by atoms with Gasteiger partial charge in [0.05, 0.1) is 12.2 Å². The summed E-state index contributed by atoms with van der Waals surface area (Å²) >= 11 is 0. The van der Waals surface area contributed by atoms with Crippen molar-refractivity contribution in [2.45, 2.75) is 45.3 Å². The number of nitrogens with zero attached hydrogens (tertiary/aromatic N) is 3. The highest BCUT2D eigenvalue weighted by Crippen LogP contribution is 2.28. The van der Waals surface area contributed by atoms with Gasteiger partial charge in [0.1, 0.15) is 17.2 Å². The molecule has 6 nitrogen and oxygen atoms in total. The van der Waals surface area contributed by atoms with E-state index in [-0.39, 0.29) is 17.9 Å². The molecule has 26 heavy (non-hydrogen) atoms. The van der Waals surface area contributed by atoms with Crippen molar-refractivity contribution in [1.29, 1.82) is 0 Å². The van der Waals surface area contributed by atoms with E-state index >= 15 is 0 Å². The standard InChI is InChI=1S/C19H24FN3O3/c1-19(2,3)26-18(25)22-8-6-14(7-9-22)23-12-13(11-21-23)16-5-4-15(24)10-17(16)20/h4-5,10-12,14,24H,6-9H2,1-3H3. The zero-order valence-electron chi connectivity index (χ0n) is 15.3. The largest absolute Gasteiger partial charge is 0.508 e. The molecule has 0 bridgehead atoms. The molecule has 3 rings (SSSR count). The second-order valence-electron chi connectivity index (χ2n) is 7.57. The first-order valence-corrected chi connectivity index (χ1v) is 8.74. The van der Waals surface area contributed by atoms with E-state index in [1.807, 2.05) is 31.6 Å². The molecule has 1 aliphatic rings. The molecule has 1 fully saturated rings. The van der Waals surface area contributed by atoms with E-state index in [2.05, 4.69) is 5.10 Å². The lowest BCUT2D eigenvalue weighted by atomic mass is 10.1. The van der Waals surface area contributed by atoms with Gasteiger partial charge in [-0.3, -0.25) is 4.68 Å². The number of halogens is 1. The Morgan fingerprint density at radius 2 is 2.00 bits per heavy atom. The number of benzene rings is 1. The number of hydrogen-bond donors (Lipinski definition) is 1. The smallest absolute Gasteiger partial charge is 0.410 e. The molecule has 1 N–H and O–H groups in total. The van der Waals surface area contributed by atoms with Crippen molar-refractivity contribution in [2.75, 3.05) is 13.1 Å². The van der Waals surface area contributed by atoms with Gasteiger partial charge in [-0.15, -0.1) is 0 Å². The van der Waals surface area contributed by atoms with E-state index in [1.54, 1.807) is 11.1 Å². The van der Waals surface area contributed by atoms with Crippen LogP contribution in [0.3, 0.4) is 0 Å². The summed E-state index contributed by atoms with van der Waals surface area (Å²) in [7, 11) is 0. The van der Waals surface area contributed by atoms with E-state index < -0.39 is 11.4 Å². The van der Waals surface area contributed by atoms with Crippen LogP contribution in [0.2, 0.25) is 0 Å². The molecule has 1 saturated heterocycles. The van der Waals surface area contributed by atoms with E-state index in [0.717, 1.165) is 18.9 Å². The first kappa shape index (κ1) is 18.2. The summed E-state index contributed by atoms with van der Waals surface area (Å²) in [5.74, 6) is -0.586. The van der Waals surface area contributed by atoms with Gasteiger partial charge in [-0.05, 0) is 45.7 Å². The molecule has 0 spiro atoms. The maximum Gasteiger partial charge on any atom is 0.410 e. The molecule has 0 saturated carbocycles. The fraction of sp³-hybridized carbons (Fsp3) is 0.474. The molecular formula is C19H24FN3O3. The van der Waals surface area contributed by atoms with Crippen molar-refractivity contribution in [1.82, 2.24) is 14.7 Å². The van der Waals surface area contributed by atoms with Gasteiger partial charge in [0.15, 0.2) is 0 Å². The summed E-state index contributed by atoms with van der Waals surface area (Å²) in [6, 6.07) is 4.24. The summed E-state index contributed by atoms with van der Waals surface area (Å²) < 4.78 is 21.2. The Bertz CT molecular complexity index is 790. The maximum atomic E-state index is 14.0. The fourth-order valence-electron chi connectivity index (χ4n) is 3.05. The summed E-state index contributed by atoms with van der Waals surface area (Å²) in [5, 5.41) is 13.7. The number of ether oxygens (including phenoxy) is 1. The molecule has 2 aromatic rings. The van der Waals surface area contributed by atoms with Crippen LogP contribution in [0.1, 0.15) is 39.7 Å². The number of piperidine rings is 1. The van der Waals surface area contributed by atoms with Crippen molar-refractivity contribution in [3.63, 3.8) is 0 Å². The predicted molar refractivity (Wildman–Crippen MR) is 95.4 cm³/mol. The van der Waals surface area contributed by atoms with Gasteiger partial charge in [0.2, 0.25) is 0 Å². The molecule has 0 unspecified atom stereocenters. The summed E-state index contributed by atoms with van der Waals surface area (Å²) in [5.41, 5.74) is 0.566. The first-order chi connectivity index (χ1) is 12.2. The van der Waals surface area contributed by atoms with Gasteiger partial charge in [-0.1, -0.05) is 0 Å². The molecule has 2 heterocycles. The summed E-state index contributed by atoms with van der Waals surface area (Å²) in [6.45, 7) is 6.76. The van der Waals surface area contributed by atoms with Gasteiger partial charge in [0, 0.05) is 36.5 Å². The zero-order chi connectivity index (χ0) is 18.9. The normalized spacial score (nSPS) is 15.9. The molecule has 0 atom stereocenters. The van der Waals surface area contributed by atoms with Crippen molar-refractivity contribution >= 4 is 6.09 Å². The maximum absolute atomic E-state index is 14.0. The number of hydrogen-bond acceptors (Lipinski definition) is 4. The monoisotopic (exact) mass is 361 g/mol. The van der Waals surface area contributed by atoms with Crippen LogP contribution in [0.5, 0.6) is 5.75 Å². The molecule has 1 amide bonds. The molecular weight excluding hydrogens is 337 g/mol. The average Bonchev–Trinajstić information content (AvgIpc) is 3.03. The number of amides is 1. The van der Waals surface area contributed by atoms with E-state index in [9.17, 15) is 14.3 Å². The van der Waals surface area contributed by atoms with Gasteiger partial charge in [0.25, 0.3) is 0 Å². The molecule has 0 aliphatic carbocycles. The van der Waals surface area contributed by atoms with E-state index in [4.69, 9.17) is 4.74 Å². The van der Waals surface area contributed by atoms with E-state index in [0.29, 0.717) is 24.2 Å². The second kappa shape index (κ2) is 6.97. The van der Waals surface area contributed by atoms with Crippen LogP contribution in [-0.4, -0.2) is 44.6 Å². The van der Waals surface area contributed by atoms with Crippen molar-refractivity contribution < 1.29 is 19.0 Å². The third kappa shape index (κ3) is 4.15. The Morgan fingerprint density at radius 3 is 2.62 bits per heavy atom. The minimum absolute atomic E-state index is 0.104. The number of rotatable bonds is 2. The summed E-state index contributed by atoms with van der Waals surface area (Å²) in [4.78, 5) is 13.8. The lowest BCUT2D eigenvalue weighted by Gasteiger charge is -2.33. The van der Waals surface area contributed by atoms with Crippen LogP contribution in [-0.2, 0) is 4.74 Å². The predicted octanol–water partition coefficient (Wildman–Crippen LogP) is 3.97. The Hall–Kier alpha value is -2.57. The molecule has 0 radical (unpaired) electrons.